The number of unbranched alkanes of at least 4 members (excludes halogenated alkanes) is 1. The second kappa shape index (κ2) is 10.8. The van der Waals surface area contributed by atoms with E-state index >= 15 is 0 Å². The average Bonchev–Trinajstić information content (AvgIpc) is 3.46. The molecule has 7 nitrogen and oxygen atoms in total. The van der Waals surface area contributed by atoms with E-state index in [9.17, 15) is 14.7 Å². The number of aliphatic hydroxyl groups excluding tert-OH is 1. The molecule has 1 saturated heterocycles. The van der Waals surface area contributed by atoms with Crippen molar-refractivity contribution >= 4 is 55.7 Å². The molecule has 194 valence electrons. The van der Waals surface area contributed by atoms with Crippen LogP contribution in [-0.2, 0) is 9.59 Å². The second-order valence-corrected chi connectivity index (χ2v) is 10.2. The summed E-state index contributed by atoms with van der Waals surface area (Å²) in [5.74, 6) is -0.629. The fourth-order valence-electron chi connectivity index (χ4n) is 4.35. The number of ketones is 1. The fraction of sp³-hybridized carbons (Fsp3) is 0.207. The quantitative estimate of drug-likeness (QED) is 0.113. The van der Waals surface area contributed by atoms with Crippen molar-refractivity contribution in [3.8, 4) is 11.5 Å². The highest BCUT2D eigenvalue weighted by Crippen LogP contribution is 2.45. The van der Waals surface area contributed by atoms with E-state index in [-0.39, 0.29) is 11.3 Å². The van der Waals surface area contributed by atoms with Crippen molar-refractivity contribution in [3.63, 3.8) is 0 Å². The van der Waals surface area contributed by atoms with Gasteiger partial charge in [0, 0.05) is 10.6 Å². The van der Waals surface area contributed by atoms with Crippen LogP contribution >= 0.6 is 22.9 Å². The molecule has 38 heavy (non-hydrogen) atoms. The van der Waals surface area contributed by atoms with Gasteiger partial charge in [-0.3, -0.25) is 14.5 Å². The predicted molar refractivity (Wildman–Crippen MR) is 149 cm³/mol. The number of aromatic nitrogens is 1. The Balaban J connectivity index is 1.67. The van der Waals surface area contributed by atoms with Gasteiger partial charge in [0.1, 0.15) is 17.3 Å². The minimum atomic E-state index is -0.914. The number of hydrogen-bond donors (Lipinski definition) is 1. The van der Waals surface area contributed by atoms with Crippen LogP contribution in [0.1, 0.15) is 36.9 Å². The Labute approximate surface area is 228 Å². The first kappa shape index (κ1) is 25.8. The Hall–Kier alpha value is -3.88. The highest BCUT2D eigenvalue weighted by atomic mass is 35.5. The van der Waals surface area contributed by atoms with E-state index in [1.54, 1.807) is 55.6 Å². The molecule has 1 fully saturated rings. The van der Waals surface area contributed by atoms with Gasteiger partial charge >= 0.3 is 5.91 Å². The third-order valence-corrected chi connectivity index (χ3v) is 7.55. The van der Waals surface area contributed by atoms with Gasteiger partial charge in [-0.25, -0.2) is 4.98 Å². The van der Waals surface area contributed by atoms with Crippen LogP contribution in [0.2, 0.25) is 5.02 Å². The maximum absolute atomic E-state index is 13.5. The molecule has 3 aromatic carbocycles. The Kier molecular flexibility index (Phi) is 7.35. The van der Waals surface area contributed by atoms with Crippen molar-refractivity contribution in [3.05, 3.63) is 88.5 Å². The number of fused-ring (bicyclic) bond motifs is 1. The van der Waals surface area contributed by atoms with Crippen LogP contribution < -0.4 is 14.4 Å². The molecule has 1 aromatic heterocycles. The summed E-state index contributed by atoms with van der Waals surface area (Å²) in [6.45, 7) is 2.63. The highest BCUT2D eigenvalue weighted by Gasteiger charge is 2.48. The number of hydrogen-bond acceptors (Lipinski definition) is 7. The molecule has 9 heteroatoms. The zero-order chi connectivity index (χ0) is 26.8. The first-order valence-electron chi connectivity index (χ1n) is 12.2. The summed E-state index contributed by atoms with van der Waals surface area (Å²) in [6.07, 6.45) is 1.89. The van der Waals surface area contributed by atoms with E-state index < -0.39 is 17.7 Å². The van der Waals surface area contributed by atoms with Crippen molar-refractivity contribution in [1.82, 2.24) is 4.98 Å². The van der Waals surface area contributed by atoms with Gasteiger partial charge < -0.3 is 14.6 Å². The number of amides is 1. The lowest BCUT2D eigenvalue weighted by Crippen LogP contribution is -2.29. The summed E-state index contributed by atoms with van der Waals surface area (Å²) in [5.41, 5.74) is 1.63. The Morgan fingerprint density at radius 3 is 2.61 bits per heavy atom. The standard InChI is InChI=1S/C29H25ClN2O5S/c1-3-4-14-37-21-7-5-6-18(15-21)25-24(26(33)17-8-11-20(36-2)12-9-17)27(34)28(35)32(25)29-31-22-13-10-19(30)16-23(22)38-29/h5-13,15-16,25,33H,3-4,14H2,1-2H3. The molecular formula is C29H25ClN2O5S. The predicted octanol–water partition coefficient (Wildman–Crippen LogP) is 6.76. The van der Waals surface area contributed by atoms with E-state index in [1.807, 2.05) is 18.2 Å². The number of nitrogens with zero attached hydrogens (tertiary/aromatic N) is 2. The summed E-state index contributed by atoms with van der Waals surface area (Å²) in [4.78, 5) is 32.9. The molecule has 1 atom stereocenters. The lowest BCUT2D eigenvalue weighted by molar-refractivity contribution is -0.132. The first-order chi connectivity index (χ1) is 18.4. The molecule has 0 saturated carbocycles. The number of ether oxygens (including phenoxy) is 2. The molecule has 1 aliphatic heterocycles. The minimum absolute atomic E-state index is 0.0248. The van der Waals surface area contributed by atoms with Crippen molar-refractivity contribution in [2.24, 2.45) is 0 Å². The van der Waals surface area contributed by atoms with E-state index in [0.717, 1.165) is 17.5 Å². The summed E-state index contributed by atoms with van der Waals surface area (Å²) >= 11 is 7.42. The van der Waals surface area contributed by atoms with Gasteiger partial charge in [0.25, 0.3) is 5.78 Å². The lowest BCUT2D eigenvalue weighted by atomic mass is 9.95. The fourth-order valence-corrected chi connectivity index (χ4v) is 5.62. The van der Waals surface area contributed by atoms with Gasteiger partial charge in [0.2, 0.25) is 0 Å². The van der Waals surface area contributed by atoms with Crippen LogP contribution in [-0.4, -0.2) is 35.5 Å². The number of halogens is 1. The van der Waals surface area contributed by atoms with Gasteiger partial charge in [0.05, 0.1) is 35.5 Å². The Morgan fingerprint density at radius 2 is 1.87 bits per heavy atom. The molecule has 1 amide bonds. The molecule has 1 unspecified atom stereocenters. The lowest BCUT2D eigenvalue weighted by Gasteiger charge is -2.23. The van der Waals surface area contributed by atoms with Crippen molar-refractivity contribution in [2.75, 3.05) is 18.6 Å². The molecule has 0 aliphatic carbocycles. The summed E-state index contributed by atoms with van der Waals surface area (Å²) in [7, 11) is 1.54. The average molecular weight is 549 g/mol. The van der Waals surface area contributed by atoms with Gasteiger partial charge in [-0.15, -0.1) is 0 Å². The van der Waals surface area contributed by atoms with E-state index in [2.05, 4.69) is 11.9 Å². The number of aliphatic hydroxyl groups is 1. The topological polar surface area (TPSA) is 89.0 Å². The monoisotopic (exact) mass is 548 g/mol. The third kappa shape index (κ3) is 4.85. The van der Waals surface area contributed by atoms with E-state index in [0.29, 0.717) is 44.9 Å². The van der Waals surface area contributed by atoms with Gasteiger partial charge in [-0.1, -0.05) is 48.4 Å². The molecule has 0 spiro atoms. The van der Waals surface area contributed by atoms with E-state index in [4.69, 9.17) is 21.1 Å². The number of Topliss-reactive ketones (excluding diaryl/α,β-unsaturated/α-hetero) is 1. The molecule has 0 bridgehead atoms. The van der Waals surface area contributed by atoms with Gasteiger partial charge in [0.15, 0.2) is 5.13 Å². The zero-order valence-corrected chi connectivity index (χ0v) is 22.4. The number of thiazole rings is 1. The largest absolute Gasteiger partial charge is 0.507 e. The van der Waals surface area contributed by atoms with Crippen LogP contribution in [0.15, 0.2) is 72.3 Å². The normalized spacial score (nSPS) is 16.8. The van der Waals surface area contributed by atoms with Crippen molar-refractivity contribution < 1.29 is 24.2 Å². The Morgan fingerprint density at radius 1 is 1.08 bits per heavy atom. The number of carbonyl (C=O) groups is 2. The SMILES string of the molecule is CCCCOc1cccc(C2C(=C(O)c3ccc(OC)cc3)C(=O)C(=O)N2c2nc3ccc(Cl)cc3s2)c1. The van der Waals surface area contributed by atoms with Crippen LogP contribution in [0.3, 0.4) is 0 Å². The third-order valence-electron chi connectivity index (χ3n) is 6.29. The molecule has 5 rings (SSSR count). The smallest absolute Gasteiger partial charge is 0.301 e. The van der Waals surface area contributed by atoms with Gasteiger partial charge in [-0.05, 0) is 66.6 Å². The zero-order valence-electron chi connectivity index (χ0n) is 20.8. The van der Waals surface area contributed by atoms with Crippen LogP contribution in [0.4, 0.5) is 5.13 Å². The van der Waals surface area contributed by atoms with Crippen molar-refractivity contribution in [2.45, 2.75) is 25.8 Å². The molecular weight excluding hydrogens is 524 g/mol. The Bertz CT molecular complexity index is 1550. The summed E-state index contributed by atoms with van der Waals surface area (Å²) in [6, 6.07) is 18.2. The maximum Gasteiger partial charge on any atom is 0.301 e. The van der Waals surface area contributed by atoms with Crippen molar-refractivity contribution in [1.29, 1.82) is 0 Å². The van der Waals surface area contributed by atoms with Crippen LogP contribution in [0.5, 0.6) is 11.5 Å². The maximum atomic E-state index is 13.5. The highest BCUT2D eigenvalue weighted by molar-refractivity contribution is 7.22. The summed E-state index contributed by atoms with van der Waals surface area (Å²) < 4.78 is 11.9. The number of methoxy groups -OCH3 is 1. The number of benzene rings is 3. The van der Waals surface area contributed by atoms with Crippen LogP contribution in [0.25, 0.3) is 16.0 Å². The number of carbonyl (C=O) groups excluding carboxylic acids is 2. The van der Waals surface area contributed by atoms with Crippen LogP contribution in [0, 0.1) is 0 Å². The van der Waals surface area contributed by atoms with Gasteiger partial charge in [-0.2, -0.15) is 0 Å². The summed E-state index contributed by atoms with van der Waals surface area (Å²) in [5, 5.41) is 12.2. The minimum Gasteiger partial charge on any atom is -0.507 e. The molecule has 1 N–H and O–H groups in total. The molecule has 2 heterocycles. The first-order valence-corrected chi connectivity index (χ1v) is 13.3. The number of anilines is 1. The molecule has 1 aliphatic rings. The molecule has 4 aromatic rings. The number of rotatable bonds is 8. The molecule has 0 radical (unpaired) electrons. The van der Waals surface area contributed by atoms with E-state index in [1.165, 1.54) is 16.2 Å². The second-order valence-electron chi connectivity index (χ2n) is 8.78.